The molecule has 2 aliphatic rings. The lowest BCUT2D eigenvalue weighted by Crippen LogP contribution is -2.54. The van der Waals surface area contributed by atoms with E-state index in [4.69, 9.17) is 4.74 Å². The van der Waals surface area contributed by atoms with Gasteiger partial charge in [0.2, 0.25) is 15.9 Å². The van der Waals surface area contributed by atoms with Gasteiger partial charge in [0.05, 0.1) is 19.0 Å². The second kappa shape index (κ2) is 9.14. The third-order valence-electron chi connectivity index (χ3n) is 5.16. The molecular formula is C19H29N3O4S. The normalized spacial score (nSPS) is 25.2. The fourth-order valence-electron chi connectivity index (χ4n) is 3.79. The minimum absolute atomic E-state index is 0.0818. The highest BCUT2D eigenvalue weighted by Gasteiger charge is 2.34. The van der Waals surface area contributed by atoms with E-state index in [2.05, 4.69) is 22.3 Å². The summed E-state index contributed by atoms with van der Waals surface area (Å²) in [6, 6.07) is 9.69. The van der Waals surface area contributed by atoms with Gasteiger partial charge in [0.15, 0.2) is 0 Å². The first kappa shape index (κ1) is 20.3. The number of piperidine rings is 1. The lowest BCUT2D eigenvalue weighted by atomic mass is 10.0. The largest absolute Gasteiger partial charge is 0.374 e. The van der Waals surface area contributed by atoms with E-state index in [1.54, 1.807) is 0 Å². The van der Waals surface area contributed by atoms with Crippen molar-refractivity contribution < 1.29 is 17.9 Å². The Labute approximate surface area is 161 Å². The fraction of sp³-hybridized carbons (Fsp3) is 0.632. The van der Waals surface area contributed by atoms with E-state index in [-0.39, 0.29) is 12.0 Å². The third-order valence-corrected chi connectivity index (χ3v) is 6.45. The first-order valence-corrected chi connectivity index (χ1v) is 11.4. The van der Waals surface area contributed by atoms with E-state index in [1.807, 2.05) is 18.2 Å². The molecule has 1 amide bonds. The average Bonchev–Trinajstić information content (AvgIpc) is 2.66. The van der Waals surface area contributed by atoms with Crippen LogP contribution in [0.3, 0.4) is 0 Å². The molecular weight excluding hydrogens is 366 g/mol. The molecule has 0 aliphatic carbocycles. The molecule has 2 atom stereocenters. The summed E-state index contributed by atoms with van der Waals surface area (Å²) in [5.41, 5.74) is 1.26. The number of benzene rings is 1. The molecule has 1 aromatic rings. The summed E-state index contributed by atoms with van der Waals surface area (Å²) in [5.74, 6) is -0.219. The number of carbonyl (C=O) groups excluding carboxylic acids is 1. The molecule has 1 N–H and O–H groups in total. The van der Waals surface area contributed by atoms with Crippen LogP contribution in [0.5, 0.6) is 0 Å². The molecule has 2 saturated heterocycles. The predicted molar refractivity (Wildman–Crippen MR) is 104 cm³/mol. The van der Waals surface area contributed by atoms with Crippen molar-refractivity contribution >= 4 is 15.9 Å². The fourth-order valence-corrected chi connectivity index (χ4v) is 4.91. The van der Waals surface area contributed by atoms with Gasteiger partial charge >= 0.3 is 0 Å². The zero-order valence-electron chi connectivity index (χ0n) is 15.8. The summed E-state index contributed by atoms with van der Waals surface area (Å²) in [6.45, 7) is 3.92. The quantitative estimate of drug-likeness (QED) is 0.771. The smallest absolute Gasteiger partial charge is 0.238 e. The van der Waals surface area contributed by atoms with E-state index in [0.717, 1.165) is 32.5 Å². The molecule has 8 heteroatoms. The van der Waals surface area contributed by atoms with Crippen LogP contribution in [0.2, 0.25) is 0 Å². The number of nitrogens with one attached hydrogen (secondary N) is 1. The van der Waals surface area contributed by atoms with Gasteiger partial charge in [-0.05, 0) is 18.4 Å². The number of rotatable bonds is 6. The Kier molecular flexibility index (Phi) is 6.86. The van der Waals surface area contributed by atoms with Crippen LogP contribution in [0.15, 0.2) is 30.3 Å². The summed E-state index contributed by atoms with van der Waals surface area (Å²) < 4.78 is 31.0. The van der Waals surface area contributed by atoms with Gasteiger partial charge in [0.1, 0.15) is 6.04 Å². The van der Waals surface area contributed by atoms with Crippen LogP contribution < -0.4 is 5.32 Å². The number of hydrogen-bond donors (Lipinski definition) is 1. The molecule has 0 spiro atoms. The highest BCUT2D eigenvalue weighted by Crippen LogP contribution is 2.20. The van der Waals surface area contributed by atoms with Crippen LogP contribution in [0.25, 0.3) is 0 Å². The number of morpholine rings is 1. The van der Waals surface area contributed by atoms with E-state index < -0.39 is 16.1 Å². The van der Waals surface area contributed by atoms with Crippen LogP contribution >= 0.6 is 0 Å². The summed E-state index contributed by atoms with van der Waals surface area (Å²) in [6.07, 6.45) is 3.34. The highest BCUT2D eigenvalue weighted by molar-refractivity contribution is 7.88. The van der Waals surface area contributed by atoms with E-state index in [1.165, 1.54) is 16.1 Å². The number of carbonyl (C=O) groups is 1. The second-order valence-electron chi connectivity index (χ2n) is 7.34. The third kappa shape index (κ3) is 5.75. The van der Waals surface area contributed by atoms with Crippen molar-refractivity contribution in [2.24, 2.45) is 0 Å². The van der Waals surface area contributed by atoms with Crippen molar-refractivity contribution in [1.29, 1.82) is 0 Å². The number of amides is 1. The van der Waals surface area contributed by atoms with Gasteiger partial charge in [-0.3, -0.25) is 9.69 Å². The second-order valence-corrected chi connectivity index (χ2v) is 9.28. The molecule has 0 unspecified atom stereocenters. The van der Waals surface area contributed by atoms with Gasteiger partial charge in [0, 0.05) is 32.7 Å². The predicted octanol–water partition coefficient (Wildman–Crippen LogP) is 0.818. The molecule has 0 saturated carbocycles. The molecule has 2 heterocycles. The van der Waals surface area contributed by atoms with Crippen LogP contribution in [-0.2, 0) is 26.1 Å². The van der Waals surface area contributed by atoms with Gasteiger partial charge in [0.25, 0.3) is 0 Å². The monoisotopic (exact) mass is 395 g/mol. The zero-order valence-corrected chi connectivity index (χ0v) is 16.7. The Morgan fingerprint density at radius 2 is 2.00 bits per heavy atom. The van der Waals surface area contributed by atoms with Crippen LogP contribution in [0, 0.1) is 0 Å². The van der Waals surface area contributed by atoms with Crippen LogP contribution in [-0.4, -0.2) is 74.7 Å². The summed E-state index contributed by atoms with van der Waals surface area (Å²) in [7, 11) is -3.37. The molecule has 1 aromatic carbocycles. The average molecular weight is 396 g/mol. The van der Waals surface area contributed by atoms with Crippen molar-refractivity contribution in [1.82, 2.24) is 14.5 Å². The van der Waals surface area contributed by atoms with Crippen molar-refractivity contribution in [3.63, 3.8) is 0 Å². The molecule has 2 fully saturated rings. The Hall–Kier alpha value is -1.48. The zero-order chi connectivity index (χ0) is 19.3. The first-order valence-electron chi connectivity index (χ1n) is 9.56. The van der Waals surface area contributed by atoms with E-state index in [0.29, 0.717) is 26.1 Å². The SMILES string of the molecule is CS(=O)(=O)N1CCCC[C@H]1C(=O)NC[C@@H]1CN(Cc2ccccc2)CCO1. The minimum Gasteiger partial charge on any atom is -0.374 e. The van der Waals surface area contributed by atoms with Gasteiger partial charge in [-0.15, -0.1) is 0 Å². The number of nitrogens with zero attached hydrogens (tertiary/aromatic N) is 2. The summed E-state index contributed by atoms with van der Waals surface area (Å²) >= 11 is 0. The minimum atomic E-state index is -3.37. The number of sulfonamides is 1. The molecule has 0 radical (unpaired) electrons. The molecule has 0 aromatic heterocycles. The van der Waals surface area contributed by atoms with Gasteiger partial charge in [-0.1, -0.05) is 36.8 Å². The standard InChI is InChI=1S/C19H29N3O4S/c1-27(24,25)22-10-6-5-9-18(22)19(23)20-13-17-15-21(11-12-26-17)14-16-7-3-2-4-8-16/h2-4,7-8,17-18H,5-6,9-15H2,1H3,(H,20,23)/t17-,18+/m1/s1. The lowest BCUT2D eigenvalue weighted by Gasteiger charge is -2.35. The maximum Gasteiger partial charge on any atom is 0.238 e. The van der Waals surface area contributed by atoms with Crippen LogP contribution in [0.4, 0.5) is 0 Å². The molecule has 3 rings (SSSR count). The maximum absolute atomic E-state index is 12.6. The van der Waals surface area contributed by atoms with Crippen molar-refractivity contribution in [2.75, 3.05) is 39.0 Å². The van der Waals surface area contributed by atoms with Crippen molar-refractivity contribution in [3.05, 3.63) is 35.9 Å². The van der Waals surface area contributed by atoms with Crippen molar-refractivity contribution in [3.8, 4) is 0 Å². The summed E-state index contributed by atoms with van der Waals surface area (Å²) in [4.78, 5) is 14.9. The lowest BCUT2D eigenvalue weighted by molar-refractivity contribution is -0.126. The van der Waals surface area contributed by atoms with Crippen LogP contribution in [0.1, 0.15) is 24.8 Å². The topological polar surface area (TPSA) is 79.0 Å². The first-order chi connectivity index (χ1) is 12.9. The van der Waals surface area contributed by atoms with Gasteiger partial charge in [-0.2, -0.15) is 4.31 Å². The molecule has 7 nitrogen and oxygen atoms in total. The van der Waals surface area contributed by atoms with Crippen molar-refractivity contribution in [2.45, 2.75) is 38.0 Å². The number of ether oxygens (including phenoxy) is 1. The number of hydrogen-bond acceptors (Lipinski definition) is 5. The maximum atomic E-state index is 12.6. The Balaban J connectivity index is 1.50. The Morgan fingerprint density at radius 1 is 1.22 bits per heavy atom. The highest BCUT2D eigenvalue weighted by atomic mass is 32.2. The molecule has 2 aliphatic heterocycles. The van der Waals surface area contributed by atoms with Gasteiger partial charge in [-0.25, -0.2) is 8.42 Å². The van der Waals surface area contributed by atoms with Gasteiger partial charge < -0.3 is 10.1 Å². The Bertz CT molecular complexity index is 726. The van der Waals surface area contributed by atoms with E-state index >= 15 is 0 Å². The molecule has 27 heavy (non-hydrogen) atoms. The van der Waals surface area contributed by atoms with E-state index in [9.17, 15) is 13.2 Å². The molecule has 0 bridgehead atoms. The summed E-state index contributed by atoms with van der Waals surface area (Å²) in [5, 5.41) is 2.91. The Morgan fingerprint density at radius 3 is 2.74 bits per heavy atom. The molecule has 150 valence electrons.